The van der Waals surface area contributed by atoms with Crippen LogP contribution >= 0.6 is 0 Å². The molecule has 64 heavy (non-hydrogen) atoms. The first kappa shape index (κ1) is 42.9. The van der Waals surface area contributed by atoms with E-state index in [-0.39, 0.29) is 5.91 Å². The molecule has 320 valence electrons. The lowest BCUT2D eigenvalue weighted by Gasteiger charge is -2.17. The smallest absolute Gasteiger partial charge is 0.221 e. The van der Waals surface area contributed by atoms with Crippen molar-refractivity contribution in [1.29, 1.82) is 0 Å². The largest absolute Gasteiger partial charge is 0.354 e. The third-order valence-electron chi connectivity index (χ3n) is 12.4. The van der Waals surface area contributed by atoms with Crippen LogP contribution in [0.15, 0.2) is 121 Å². The van der Waals surface area contributed by atoms with E-state index in [1.54, 1.807) is 0 Å². The fraction of sp³-hybridized carbons (Fsp3) is 0.182. The van der Waals surface area contributed by atoms with Crippen LogP contribution in [0.1, 0.15) is 29.7 Å². The van der Waals surface area contributed by atoms with Crippen molar-refractivity contribution in [2.75, 3.05) is 5.32 Å². The number of amides is 1. The summed E-state index contributed by atoms with van der Waals surface area (Å²) in [7, 11) is -4.63. The maximum Gasteiger partial charge on any atom is 0.221 e. The van der Waals surface area contributed by atoms with E-state index in [0.717, 1.165) is 95.0 Å². The van der Waals surface area contributed by atoms with Crippen molar-refractivity contribution >= 4 is 97.7 Å². The Morgan fingerprint density at radius 3 is 0.875 bits per heavy atom. The van der Waals surface area contributed by atoms with Gasteiger partial charge in [-0.2, -0.15) is 0 Å². The number of nitrogens with zero attached hydrogens (tertiary/aromatic N) is 2. The molecule has 8 bridgehead atoms. The molecule has 5 heterocycles. The zero-order valence-corrected chi connectivity index (χ0v) is 41.7. The number of rotatable bonds is 8. The van der Waals surface area contributed by atoms with E-state index in [1.807, 2.05) is 12.1 Å². The first-order valence-electron chi connectivity index (χ1n) is 22.3. The summed E-state index contributed by atoms with van der Waals surface area (Å²) in [5.41, 5.74) is 16.5. The topological polar surface area (TPSA) is 86.5 Å². The van der Waals surface area contributed by atoms with Gasteiger partial charge in [-0.15, -0.1) is 0 Å². The van der Waals surface area contributed by atoms with Gasteiger partial charge in [-0.25, -0.2) is 9.97 Å². The minimum absolute atomic E-state index is 0.107. The minimum Gasteiger partial charge on any atom is -0.354 e. The Morgan fingerprint density at radius 1 is 0.391 bits per heavy atom. The minimum atomic E-state index is -1.55. The number of carbonyl (C=O) groups is 1. The van der Waals surface area contributed by atoms with Gasteiger partial charge < -0.3 is 15.3 Å². The Bertz CT molecular complexity index is 3120. The van der Waals surface area contributed by atoms with Crippen molar-refractivity contribution in [3.05, 3.63) is 144 Å². The first-order valence-corrected chi connectivity index (χ1v) is 32.8. The Morgan fingerprint density at radius 2 is 0.641 bits per heavy atom. The molecule has 0 fully saturated rings. The molecule has 3 N–H and O–H groups in total. The number of carbonyl (C=O) groups excluding carboxylic acids is 1. The molecule has 1 amide bonds. The SMILES string of the molecule is CC(=O)Nc1ccc(-c2c3nc(c(-c4ccc([Si](C)(C)C)cc4)c4ccc([nH]4)c(-c4ccc([Si](C)(C)C)cc4)c4nc(c(-c5ccc([Si](C)(C)C)cc5)c5ccc2[nH]5)C=C4)C=C3)cc1. The highest BCUT2D eigenvalue weighted by molar-refractivity contribution is 6.89. The second kappa shape index (κ2) is 16.3. The highest BCUT2D eigenvalue weighted by atomic mass is 28.3. The molecule has 0 radical (unpaired) electrons. The third kappa shape index (κ3) is 8.51. The standard InChI is InChI=1S/C55H57N5OSi3/c1-35(61)56-40-19-11-36(12-20-40)52-44-27-29-46(57-44)53(37-13-21-41(22-14-37)62(2,3)4)48-31-33-50(59-48)55(39-17-25-43(26-18-39)64(8,9)10)51-34-32-49(60-51)54(47-30-28-45(52)58-47)38-15-23-42(24-16-38)63(5,6)7/h11-34,57,60H,1-10H3,(H,56,61). The zero-order chi connectivity index (χ0) is 45.1. The molecule has 4 aromatic carbocycles. The number of benzene rings is 4. The number of hydrogen-bond acceptors (Lipinski definition) is 3. The zero-order valence-electron chi connectivity index (χ0n) is 38.7. The van der Waals surface area contributed by atoms with Gasteiger partial charge in [0.05, 0.1) is 47.0 Å². The molecule has 2 aliphatic rings. The molecule has 2 aliphatic heterocycles. The molecule has 0 unspecified atom stereocenters. The van der Waals surface area contributed by atoms with Crippen LogP contribution in [-0.2, 0) is 4.79 Å². The summed E-state index contributed by atoms with van der Waals surface area (Å²) in [4.78, 5) is 30.8. The maximum absolute atomic E-state index is 12.0. The van der Waals surface area contributed by atoms with Gasteiger partial charge in [-0.3, -0.25) is 4.79 Å². The summed E-state index contributed by atoms with van der Waals surface area (Å²) in [6.45, 7) is 23.0. The Hall–Kier alpha value is -6.40. The van der Waals surface area contributed by atoms with Crippen LogP contribution in [-0.4, -0.2) is 50.1 Å². The number of aromatic nitrogens is 4. The number of aromatic amines is 2. The predicted octanol–water partition coefficient (Wildman–Crippen LogP) is 12.9. The maximum atomic E-state index is 12.0. The normalized spacial score (nSPS) is 12.8. The highest BCUT2D eigenvalue weighted by Crippen LogP contribution is 2.38. The second-order valence-corrected chi connectivity index (χ2v) is 35.5. The first-order chi connectivity index (χ1) is 30.4. The van der Waals surface area contributed by atoms with Gasteiger partial charge in [0.15, 0.2) is 0 Å². The number of hydrogen-bond donors (Lipinski definition) is 3. The number of H-pyrrole nitrogens is 2. The van der Waals surface area contributed by atoms with Crippen molar-refractivity contribution in [3.8, 4) is 44.5 Å². The number of nitrogens with one attached hydrogen (secondary N) is 3. The van der Waals surface area contributed by atoms with Crippen molar-refractivity contribution in [2.45, 2.75) is 65.8 Å². The quantitative estimate of drug-likeness (QED) is 0.133. The third-order valence-corrected chi connectivity index (χ3v) is 18.6. The molecule has 9 rings (SSSR count). The molecule has 0 spiro atoms. The number of fused-ring (bicyclic) bond motifs is 8. The van der Waals surface area contributed by atoms with E-state index in [4.69, 9.17) is 9.97 Å². The van der Waals surface area contributed by atoms with Crippen molar-refractivity contribution in [3.63, 3.8) is 0 Å². The summed E-state index contributed by atoms with van der Waals surface area (Å²) in [6, 6.07) is 44.2. The summed E-state index contributed by atoms with van der Waals surface area (Å²) < 4.78 is 0. The van der Waals surface area contributed by atoms with Crippen molar-refractivity contribution in [2.24, 2.45) is 0 Å². The van der Waals surface area contributed by atoms with Gasteiger partial charge >= 0.3 is 0 Å². The van der Waals surface area contributed by atoms with Crippen LogP contribution in [0.25, 0.3) is 90.9 Å². The van der Waals surface area contributed by atoms with Crippen LogP contribution in [0.4, 0.5) is 5.69 Å². The van der Waals surface area contributed by atoms with Crippen LogP contribution < -0.4 is 20.9 Å². The van der Waals surface area contributed by atoms with Crippen LogP contribution in [0, 0.1) is 0 Å². The van der Waals surface area contributed by atoms with Crippen LogP contribution in [0.2, 0.25) is 58.9 Å². The van der Waals surface area contributed by atoms with E-state index >= 15 is 0 Å². The Balaban J connectivity index is 1.41. The van der Waals surface area contributed by atoms with Gasteiger partial charge in [0, 0.05) is 56.9 Å². The molecule has 3 aromatic heterocycles. The molecular weight excluding hydrogens is 831 g/mol. The molecule has 0 atom stereocenters. The summed E-state index contributed by atoms with van der Waals surface area (Å²) in [6.07, 6.45) is 8.62. The lowest BCUT2D eigenvalue weighted by atomic mass is 10.0. The summed E-state index contributed by atoms with van der Waals surface area (Å²) in [5, 5.41) is 7.17. The Labute approximate surface area is 380 Å². The summed E-state index contributed by atoms with van der Waals surface area (Å²) in [5.74, 6) is -0.107. The lowest BCUT2D eigenvalue weighted by Crippen LogP contribution is -2.37. The van der Waals surface area contributed by atoms with E-state index < -0.39 is 24.2 Å². The average molecular weight is 888 g/mol. The number of anilines is 1. The Kier molecular flexibility index (Phi) is 10.9. The van der Waals surface area contributed by atoms with Crippen LogP contribution in [0.5, 0.6) is 0 Å². The fourth-order valence-corrected chi connectivity index (χ4v) is 12.3. The van der Waals surface area contributed by atoms with Crippen molar-refractivity contribution < 1.29 is 4.79 Å². The van der Waals surface area contributed by atoms with Gasteiger partial charge in [0.1, 0.15) is 0 Å². The summed E-state index contributed by atoms with van der Waals surface area (Å²) >= 11 is 0. The lowest BCUT2D eigenvalue weighted by molar-refractivity contribution is -0.114. The second-order valence-electron chi connectivity index (χ2n) is 20.2. The van der Waals surface area contributed by atoms with Crippen molar-refractivity contribution in [1.82, 2.24) is 19.9 Å². The molecular formula is C55H57N5OSi3. The molecule has 7 aromatic rings. The van der Waals surface area contributed by atoms with Gasteiger partial charge in [0.2, 0.25) is 5.91 Å². The molecule has 9 heteroatoms. The molecule has 0 aliphatic carbocycles. The van der Waals surface area contributed by atoms with E-state index in [1.165, 1.54) is 22.5 Å². The fourth-order valence-electron chi connectivity index (χ4n) is 8.75. The average Bonchev–Trinajstić information content (AvgIpc) is 4.09. The van der Waals surface area contributed by atoms with E-state index in [9.17, 15) is 4.79 Å². The highest BCUT2D eigenvalue weighted by Gasteiger charge is 2.23. The monoisotopic (exact) mass is 887 g/mol. The molecule has 0 saturated heterocycles. The predicted molar refractivity (Wildman–Crippen MR) is 284 cm³/mol. The van der Waals surface area contributed by atoms with Crippen LogP contribution in [0.3, 0.4) is 0 Å². The van der Waals surface area contributed by atoms with E-state index in [2.05, 4.69) is 208 Å². The van der Waals surface area contributed by atoms with Gasteiger partial charge in [0.25, 0.3) is 0 Å². The molecule has 6 nitrogen and oxygen atoms in total. The van der Waals surface area contributed by atoms with Gasteiger partial charge in [-0.1, -0.05) is 159 Å². The van der Waals surface area contributed by atoms with E-state index in [0.29, 0.717) is 0 Å². The van der Waals surface area contributed by atoms with Gasteiger partial charge in [-0.05, 0) is 83.0 Å². The molecule has 0 saturated carbocycles.